The summed E-state index contributed by atoms with van der Waals surface area (Å²) in [6.07, 6.45) is 0.0913. The summed E-state index contributed by atoms with van der Waals surface area (Å²) in [6, 6.07) is 3.38. The largest absolute Gasteiger partial charge is 0.507 e. The summed E-state index contributed by atoms with van der Waals surface area (Å²) < 4.78 is 0. The first-order valence-electron chi connectivity index (χ1n) is 5.99. The number of hydrogen-bond donors (Lipinski definition) is 3. The Labute approximate surface area is 110 Å². The molecule has 2 rings (SSSR count). The van der Waals surface area contributed by atoms with Gasteiger partial charge < -0.3 is 10.2 Å². The second-order valence-corrected chi connectivity index (χ2v) is 4.65. The summed E-state index contributed by atoms with van der Waals surface area (Å²) in [4.78, 5) is 24.3. The molecule has 1 aromatic rings. The Morgan fingerprint density at radius 3 is 2.37 bits per heavy atom. The second kappa shape index (κ2) is 4.89. The fourth-order valence-corrected chi connectivity index (χ4v) is 2.26. The zero-order valence-corrected chi connectivity index (χ0v) is 10.8. The maximum Gasteiger partial charge on any atom is 0.246 e. The number of carbonyl (C=O) groups excluding carboxylic acids is 2. The number of hydrogen-bond acceptors (Lipinski definition) is 5. The summed E-state index contributed by atoms with van der Waals surface area (Å²) in [7, 11) is 1.44. The number of rotatable bonds is 3. The van der Waals surface area contributed by atoms with Crippen molar-refractivity contribution in [2.75, 3.05) is 7.05 Å². The molecule has 2 unspecified atom stereocenters. The zero-order chi connectivity index (χ0) is 14.2. The van der Waals surface area contributed by atoms with Gasteiger partial charge in [-0.3, -0.25) is 19.8 Å². The lowest BCUT2D eigenvalue weighted by Crippen LogP contribution is -2.38. The van der Waals surface area contributed by atoms with E-state index in [-0.39, 0.29) is 29.7 Å². The highest BCUT2D eigenvalue weighted by molar-refractivity contribution is 6.05. The molecule has 0 saturated carbocycles. The molecule has 0 bridgehead atoms. The Hall–Kier alpha value is -2.08. The van der Waals surface area contributed by atoms with Gasteiger partial charge in [0.25, 0.3) is 0 Å². The number of nitrogens with zero attached hydrogens (tertiary/aromatic N) is 1. The molecule has 102 valence electrons. The molecule has 1 aliphatic heterocycles. The van der Waals surface area contributed by atoms with Crippen molar-refractivity contribution in [2.45, 2.75) is 25.4 Å². The van der Waals surface area contributed by atoms with Crippen LogP contribution in [0.25, 0.3) is 0 Å². The molecule has 3 N–H and O–H groups in total. The van der Waals surface area contributed by atoms with Crippen LogP contribution in [0, 0.1) is 0 Å². The Kier molecular flexibility index (Phi) is 3.44. The average Bonchev–Trinajstić information content (AvgIpc) is 2.57. The number of carbonyl (C=O) groups is 2. The van der Waals surface area contributed by atoms with E-state index in [0.29, 0.717) is 5.56 Å². The van der Waals surface area contributed by atoms with E-state index in [0.717, 1.165) is 4.90 Å². The molecule has 0 aliphatic carbocycles. The first-order valence-corrected chi connectivity index (χ1v) is 5.99. The summed E-state index contributed by atoms with van der Waals surface area (Å²) in [6.45, 7) is 1.71. The maximum atomic E-state index is 11.8. The number of nitrogens with one attached hydrogen (secondary N) is 1. The van der Waals surface area contributed by atoms with E-state index in [1.54, 1.807) is 6.92 Å². The average molecular weight is 264 g/mol. The first-order chi connectivity index (χ1) is 8.91. The van der Waals surface area contributed by atoms with Crippen LogP contribution >= 0.6 is 0 Å². The van der Waals surface area contributed by atoms with Gasteiger partial charge in [0.05, 0.1) is 18.0 Å². The molecule has 1 aliphatic rings. The van der Waals surface area contributed by atoms with Crippen molar-refractivity contribution >= 4 is 11.8 Å². The number of likely N-dealkylation sites (tertiary alicyclic amines) is 1. The highest BCUT2D eigenvalue weighted by atomic mass is 16.3. The van der Waals surface area contributed by atoms with Crippen LogP contribution in [0.4, 0.5) is 0 Å². The highest BCUT2D eigenvalue weighted by Crippen LogP contribution is 2.32. The topological polar surface area (TPSA) is 89.9 Å². The molecule has 1 saturated heterocycles. The van der Waals surface area contributed by atoms with Gasteiger partial charge in [-0.05, 0) is 19.1 Å². The lowest BCUT2D eigenvalue weighted by Gasteiger charge is -2.20. The molecule has 0 spiro atoms. The van der Waals surface area contributed by atoms with E-state index in [1.165, 1.54) is 25.2 Å². The minimum Gasteiger partial charge on any atom is -0.507 e. The number of phenolic OH excluding ortho intramolecular Hbond substituents is 2. The van der Waals surface area contributed by atoms with Crippen molar-refractivity contribution < 1.29 is 19.8 Å². The third kappa shape index (κ3) is 2.39. The van der Waals surface area contributed by atoms with Crippen LogP contribution in [0.5, 0.6) is 11.5 Å². The predicted molar refractivity (Wildman–Crippen MR) is 67.5 cm³/mol. The third-order valence-corrected chi connectivity index (χ3v) is 3.33. The van der Waals surface area contributed by atoms with Crippen LogP contribution < -0.4 is 5.32 Å². The number of likely N-dealkylation sites (N-methyl/N-ethyl adjacent to an activating group) is 1. The maximum absolute atomic E-state index is 11.8. The molecule has 0 radical (unpaired) electrons. The number of aromatic hydroxyl groups is 2. The third-order valence-electron chi connectivity index (χ3n) is 3.33. The molecule has 1 aromatic carbocycles. The van der Waals surface area contributed by atoms with Gasteiger partial charge in [-0.15, -0.1) is 0 Å². The Balaban J connectivity index is 2.16. The molecule has 1 heterocycles. The fraction of sp³-hybridized carbons (Fsp3) is 0.385. The molecular weight excluding hydrogens is 248 g/mol. The zero-order valence-electron chi connectivity index (χ0n) is 10.8. The second-order valence-electron chi connectivity index (χ2n) is 4.65. The molecule has 19 heavy (non-hydrogen) atoms. The summed E-state index contributed by atoms with van der Waals surface area (Å²) in [5.41, 5.74) is 0.317. The van der Waals surface area contributed by atoms with E-state index in [9.17, 15) is 19.8 Å². The van der Waals surface area contributed by atoms with Gasteiger partial charge in [-0.25, -0.2) is 0 Å². The van der Waals surface area contributed by atoms with Crippen molar-refractivity contribution in [3.8, 4) is 11.5 Å². The van der Waals surface area contributed by atoms with Gasteiger partial charge in [0.2, 0.25) is 11.8 Å². The molecule has 6 nitrogen and oxygen atoms in total. The van der Waals surface area contributed by atoms with Crippen molar-refractivity contribution in [1.29, 1.82) is 0 Å². The predicted octanol–water partition coefficient (Wildman–Crippen LogP) is 0.506. The SMILES string of the molecule is CC(NC1CC(=O)N(C)C1=O)c1c(O)cccc1O. The monoisotopic (exact) mass is 264 g/mol. The van der Waals surface area contributed by atoms with E-state index < -0.39 is 12.1 Å². The van der Waals surface area contributed by atoms with Gasteiger partial charge in [-0.2, -0.15) is 0 Å². The van der Waals surface area contributed by atoms with Gasteiger partial charge in [0.15, 0.2) is 0 Å². The molecule has 2 amide bonds. The van der Waals surface area contributed by atoms with E-state index >= 15 is 0 Å². The van der Waals surface area contributed by atoms with E-state index in [2.05, 4.69) is 5.32 Å². The quantitative estimate of drug-likeness (QED) is 0.692. The van der Waals surface area contributed by atoms with Gasteiger partial charge >= 0.3 is 0 Å². The molecule has 6 heteroatoms. The van der Waals surface area contributed by atoms with Crippen LogP contribution in [0.15, 0.2) is 18.2 Å². The first kappa shape index (κ1) is 13.4. The van der Waals surface area contributed by atoms with Crippen molar-refractivity contribution in [2.24, 2.45) is 0 Å². The van der Waals surface area contributed by atoms with Crippen LogP contribution in [0.1, 0.15) is 24.9 Å². The van der Waals surface area contributed by atoms with Crippen LogP contribution in [0.3, 0.4) is 0 Å². The van der Waals surface area contributed by atoms with Crippen molar-refractivity contribution in [3.05, 3.63) is 23.8 Å². The summed E-state index contributed by atoms with van der Waals surface area (Å²) >= 11 is 0. The lowest BCUT2D eigenvalue weighted by atomic mass is 10.0. The molecule has 1 fully saturated rings. The van der Waals surface area contributed by atoms with Crippen LogP contribution in [-0.2, 0) is 9.59 Å². The minimum absolute atomic E-state index is 0.0508. The number of phenols is 2. The summed E-state index contributed by atoms with van der Waals surface area (Å²) in [5.74, 6) is -0.641. The normalized spacial score (nSPS) is 20.9. The van der Waals surface area contributed by atoms with Crippen LogP contribution in [-0.4, -0.2) is 40.0 Å². The Bertz CT molecular complexity index is 509. The highest BCUT2D eigenvalue weighted by Gasteiger charge is 2.37. The number of amides is 2. The molecule has 2 atom stereocenters. The van der Waals surface area contributed by atoms with E-state index in [4.69, 9.17) is 0 Å². The summed E-state index contributed by atoms with van der Waals surface area (Å²) in [5, 5.41) is 22.4. The fourth-order valence-electron chi connectivity index (χ4n) is 2.26. The van der Waals surface area contributed by atoms with E-state index in [1.807, 2.05) is 0 Å². The Morgan fingerprint density at radius 1 is 1.32 bits per heavy atom. The minimum atomic E-state index is -0.619. The number of benzene rings is 1. The Morgan fingerprint density at radius 2 is 1.89 bits per heavy atom. The standard InChI is InChI=1S/C13H16N2O4/c1-7(12-9(16)4-3-5-10(12)17)14-8-6-11(18)15(2)13(8)19/h3-5,7-8,14,16-17H,6H2,1-2H3. The molecule has 0 aromatic heterocycles. The van der Waals surface area contributed by atoms with Gasteiger partial charge in [-0.1, -0.05) is 6.07 Å². The van der Waals surface area contributed by atoms with Gasteiger partial charge in [0.1, 0.15) is 11.5 Å². The smallest absolute Gasteiger partial charge is 0.246 e. The number of imide groups is 1. The van der Waals surface area contributed by atoms with Crippen LogP contribution in [0.2, 0.25) is 0 Å². The van der Waals surface area contributed by atoms with Gasteiger partial charge in [0, 0.05) is 13.1 Å². The van der Waals surface area contributed by atoms with Crippen molar-refractivity contribution in [3.63, 3.8) is 0 Å². The van der Waals surface area contributed by atoms with Crippen molar-refractivity contribution in [1.82, 2.24) is 10.2 Å². The molecular formula is C13H16N2O4. The lowest BCUT2D eigenvalue weighted by molar-refractivity contribution is -0.137.